The molecule has 1 N–H and O–H groups in total. The van der Waals surface area contributed by atoms with Crippen molar-refractivity contribution in [2.75, 3.05) is 13.1 Å². The van der Waals surface area contributed by atoms with Crippen LogP contribution in [0.1, 0.15) is 43.9 Å². The number of rotatable bonds is 6. The molecule has 6 heteroatoms. The molecule has 128 valence electrons. The van der Waals surface area contributed by atoms with Gasteiger partial charge >= 0.3 is 6.03 Å². The lowest BCUT2D eigenvalue weighted by molar-refractivity contribution is -0.131. The number of imide groups is 1. The molecular weight excluding hydrogens is 306 g/mol. The summed E-state index contributed by atoms with van der Waals surface area (Å²) in [6, 6.07) is 7.74. The molecule has 0 aromatic heterocycles. The Morgan fingerprint density at radius 3 is 2.50 bits per heavy atom. The zero-order valence-corrected chi connectivity index (χ0v) is 14.1. The lowest BCUT2D eigenvalue weighted by Gasteiger charge is -2.19. The molecule has 0 spiro atoms. The number of urea groups is 1. The summed E-state index contributed by atoms with van der Waals surface area (Å²) >= 11 is 0. The third-order valence-electron chi connectivity index (χ3n) is 4.64. The number of hydrogen-bond donors (Lipinski definition) is 1. The van der Waals surface area contributed by atoms with Gasteiger partial charge in [0.05, 0.1) is 6.04 Å². The smallest absolute Gasteiger partial charge is 0.327 e. The molecule has 1 heterocycles. The summed E-state index contributed by atoms with van der Waals surface area (Å²) in [5.74, 6) is -0.608. The molecular formula is C18H23N3O3. The monoisotopic (exact) mass is 329 g/mol. The predicted octanol–water partition coefficient (Wildman–Crippen LogP) is 1.85. The predicted molar refractivity (Wildman–Crippen MR) is 89.2 cm³/mol. The van der Waals surface area contributed by atoms with E-state index in [1.54, 1.807) is 4.90 Å². The van der Waals surface area contributed by atoms with Gasteiger partial charge in [0, 0.05) is 6.04 Å². The molecule has 6 nitrogen and oxygen atoms in total. The second kappa shape index (κ2) is 6.63. The van der Waals surface area contributed by atoms with Crippen LogP contribution in [-0.2, 0) is 16.0 Å². The molecule has 1 atom stereocenters. The molecule has 1 aliphatic carbocycles. The number of amides is 4. The van der Waals surface area contributed by atoms with Crippen LogP contribution in [0.3, 0.4) is 0 Å². The van der Waals surface area contributed by atoms with E-state index in [1.165, 1.54) is 5.56 Å². The first-order valence-electron chi connectivity index (χ1n) is 8.48. The summed E-state index contributed by atoms with van der Waals surface area (Å²) in [6.07, 6.45) is 2.87. The lowest BCUT2D eigenvalue weighted by atomic mass is 10.1. The summed E-state index contributed by atoms with van der Waals surface area (Å²) in [7, 11) is 0. The van der Waals surface area contributed by atoms with Crippen molar-refractivity contribution < 1.29 is 14.4 Å². The summed E-state index contributed by atoms with van der Waals surface area (Å²) < 4.78 is 0. The summed E-state index contributed by atoms with van der Waals surface area (Å²) in [5.41, 5.74) is 2.24. The minimum Gasteiger partial charge on any atom is -0.348 e. The molecule has 1 saturated heterocycles. The van der Waals surface area contributed by atoms with Crippen LogP contribution in [0.15, 0.2) is 24.3 Å². The highest BCUT2D eigenvalue weighted by Crippen LogP contribution is 2.30. The average molecular weight is 329 g/mol. The van der Waals surface area contributed by atoms with E-state index in [0.29, 0.717) is 0 Å². The van der Waals surface area contributed by atoms with Gasteiger partial charge in [0.1, 0.15) is 13.1 Å². The maximum Gasteiger partial charge on any atom is 0.327 e. The topological polar surface area (TPSA) is 69.7 Å². The highest BCUT2D eigenvalue weighted by atomic mass is 16.2. The van der Waals surface area contributed by atoms with Gasteiger partial charge in [0.25, 0.3) is 5.91 Å². The number of carbonyl (C=O) groups excluding carboxylic acids is 3. The van der Waals surface area contributed by atoms with E-state index in [4.69, 9.17) is 0 Å². The largest absolute Gasteiger partial charge is 0.348 e. The second-order valence-electron chi connectivity index (χ2n) is 6.51. The van der Waals surface area contributed by atoms with Crippen molar-refractivity contribution >= 4 is 17.8 Å². The normalized spacial score (nSPS) is 18.9. The Morgan fingerprint density at radius 1 is 1.25 bits per heavy atom. The molecule has 1 aromatic carbocycles. The Balaban J connectivity index is 1.56. The van der Waals surface area contributed by atoms with Crippen LogP contribution < -0.4 is 5.32 Å². The third-order valence-corrected chi connectivity index (χ3v) is 4.64. The van der Waals surface area contributed by atoms with Crippen LogP contribution >= 0.6 is 0 Å². The van der Waals surface area contributed by atoms with E-state index < -0.39 is 0 Å². The maximum absolute atomic E-state index is 12.2. The van der Waals surface area contributed by atoms with E-state index in [1.807, 2.05) is 31.2 Å². The highest BCUT2D eigenvalue weighted by Gasteiger charge is 2.44. The minimum atomic E-state index is -0.336. The molecule has 4 amide bonds. The van der Waals surface area contributed by atoms with E-state index >= 15 is 0 Å². The van der Waals surface area contributed by atoms with Gasteiger partial charge in [-0.25, -0.2) is 4.79 Å². The Hall–Kier alpha value is -2.37. The molecule has 24 heavy (non-hydrogen) atoms. The van der Waals surface area contributed by atoms with Gasteiger partial charge in [-0.15, -0.1) is 0 Å². The fraction of sp³-hybridized carbons (Fsp3) is 0.500. The fourth-order valence-electron chi connectivity index (χ4n) is 2.94. The lowest BCUT2D eigenvalue weighted by Crippen LogP contribution is -2.42. The van der Waals surface area contributed by atoms with Crippen molar-refractivity contribution in [2.24, 2.45) is 0 Å². The first kappa shape index (κ1) is 16.5. The highest BCUT2D eigenvalue weighted by molar-refractivity contribution is 6.04. The number of benzene rings is 1. The molecule has 0 bridgehead atoms. The molecule has 1 aromatic rings. The van der Waals surface area contributed by atoms with Gasteiger partial charge in [-0.2, -0.15) is 0 Å². The molecule has 1 aliphatic heterocycles. The van der Waals surface area contributed by atoms with E-state index in [2.05, 4.69) is 12.2 Å². The molecule has 2 fully saturated rings. The molecule has 2 aliphatic rings. The summed E-state index contributed by atoms with van der Waals surface area (Å²) in [5, 5.41) is 2.86. The Bertz CT molecular complexity index is 652. The van der Waals surface area contributed by atoms with Gasteiger partial charge < -0.3 is 10.2 Å². The van der Waals surface area contributed by atoms with E-state index in [9.17, 15) is 14.4 Å². The van der Waals surface area contributed by atoms with Crippen molar-refractivity contribution in [1.82, 2.24) is 15.1 Å². The maximum atomic E-state index is 12.2. The number of nitrogens with one attached hydrogen (secondary N) is 1. The van der Waals surface area contributed by atoms with Crippen LogP contribution in [0.5, 0.6) is 0 Å². The Kier molecular flexibility index (Phi) is 4.55. The van der Waals surface area contributed by atoms with Crippen molar-refractivity contribution in [1.29, 1.82) is 0 Å². The average Bonchev–Trinajstić information content (AvgIpc) is 3.37. The van der Waals surface area contributed by atoms with E-state index in [-0.39, 0.29) is 43.0 Å². The number of aryl methyl sites for hydroxylation is 1. The van der Waals surface area contributed by atoms with Crippen molar-refractivity contribution in [2.45, 2.75) is 45.2 Å². The molecule has 0 radical (unpaired) electrons. The molecule has 1 unspecified atom stereocenters. The summed E-state index contributed by atoms with van der Waals surface area (Å²) in [6.45, 7) is 3.88. The Morgan fingerprint density at radius 2 is 1.92 bits per heavy atom. The number of hydrogen-bond acceptors (Lipinski definition) is 3. The standard InChI is InChI=1S/C18H23N3O3/c1-3-13-4-6-14(7-5-13)12(2)19-16(22)10-21-17(23)11-20(18(21)24)15-8-9-15/h4-7,12,15H,3,8-11H2,1-2H3,(H,19,22). The Labute approximate surface area is 141 Å². The second-order valence-corrected chi connectivity index (χ2v) is 6.51. The van der Waals surface area contributed by atoms with Crippen LogP contribution in [0.2, 0.25) is 0 Å². The van der Waals surface area contributed by atoms with Crippen LogP contribution in [0.4, 0.5) is 4.79 Å². The van der Waals surface area contributed by atoms with Crippen LogP contribution in [0.25, 0.3) is 0 Å². The van der Waals surface area contributed by atoms with Crippen molar-refractivity contribution in [3.8, 4) is 0 Å². The minimum absolute atomic E-state index is 0.102. The first-order valence-corrected chi connectivity index (χ1v) is 8.48. The van der Waals surface area contributed by atoms with Gasteiger partial charge in [-0.3, -0.25) is 14.5 Å². The summed E-state index contributed by atoms with van der Waals surface area (Å²) in [4.78, 5) is 39.0. The van der Waals surface area contributed by atoms with Crippen LogP contribution in [0, 0.1) is 0 Å². The van der Waals surface area contributed by atoms with E-state index in [0.717, 1.165) is 29.7 Å². The first-order chi connectivity index (χ1) is 11.5. The fourth-order valence-corrected chi connectivity index (χ4v) is 2.94. The quantitative estimate of drug-likeness (QED) is 0.810. The third kappa shape index (κ3) is 3.42. The van der Waals surface area contributed by atoms with Crippen molar-refractivity contribution in [3.63, 3.8) is 0 Å². The van der Waals surface area contributed by atoms with Crippen LogP contribution in [-0.4, -0.2) is 46.8 Å². The van der Waals surface area contributed by atoms with Gasteiger partial charge in [-0.1, -0.05) is 31.2 Å². The molecule has 1 saturated carbocycles. The SMILES string of the molecule is CCc1ccc(C(C)NC(=O)CN2C(=O)CN(C3CC3)C2=O)cc1. The van der Waals surface area contributed by atoms with Gasteiger partial charge in [0.2, 0.25) is 5.91 Å². The number of nitrogens with zero attached hydrogens (tertiary/aromatic N) is 2. The number of carbonyl (C=O) groups is 3. The zero-order valence-electron chi connectivity index (χ0n) is 14.1. The van der Waals surface area contributed by atoms with Gasteiger partial charge in [-0.05, 0) is 37.3 Å². The van der Waals surface area contributed by atoms with Gasteiger partial charge in [0.15, 0.2) is 0 Å². The zero-order chi connectivity index (χ0) is 17.3. The van der Waals surface area contributed by atoms with Crippen molar-refractivity contribution in [3.05, 3.63) is 35.4 Å². The molecule has 3 rings (SSSR count).